The number of halogens is 2. The molecule has 1 saturated carbocycles. The van der Waals surface area contributed by atoms with Gasteiger partial charge in [0.2, 0.25) is 0 Å². The van der Waals surface area contributed by atoms with E-state index in [1.54, 1.807) is 18.1 Å². The summed E-state index contributed by atoms with van der Waals surface area (Å²) < 4.78 is 34.6. The van der Waals surface area contributed by atoms with Crippen molar-refractivity contribution in [1.82, 2.24) is 20.1 Å². The Morgan fingerprint density at radius 2 is 2.19 bits per heavy atom. The topological polar surface area (TPSA) is 69.0 Å². The monoisotopic (exact) mass is 378 g/mol. The first-order valence-corrected chi connectivity index (χ1v) is 8.93. The van der Waals surface area contributed by atoms with Crippen LogP contribution in [0.4, 0.5) is 8.78 Å². The summed E-state index contributed by atoms with van der Waals surface area (Å²) in [6.07, 6.45) is 4.51. The summed E-state index contributed by atoms with van der Waals surface area (Å²) in [5.74, 6) is -2.23. The van der Waals surface area contributed by atoms with Crippen LogP contribution in [0.3, 0.4) is 0 Å². The normalized spacial score (nSPS) is 24.6. The number of hydrogen-bond donors (Lipinski definition) is 1. The van der Waals surface area contributed by atoms with Crippen molar-refractivity contribution in [3.8, 4) is 0 Å². The number of amides is 1. The van der Waals surface area contributed by atoms with Gasteiger partial charge in [-0.2, -0.15) is 5.10 Å². The number of carbonyl (C=O) groups excluding carboxylic acids is 1. The van der Waals surface area contributed by atoms with Gasteiger partial charge in [-0.05, 0) is 30.4 Å². The van der Waals surface area contributed by atoms with Crippen molar-refractivity contribution in [2.24, 2.45) is 11.3 Å². The number of aromatic nitrogens is 3. The van der Waals surface area contributed by atoms with Gasteiger partial charge in [-0.25, -0.2) is 13.8 Å². The SMILES string of the molecule is COC1C(Cn2cncn2)C(NC(=O)c2ccc(F)cc2F)CCC1(C)C. The van der Waals surface area contributed by atoms with Crippen molar-refractivity contribution in [2.45, 2.75) is 45.4 Å². The number of methoxy groups -OCH3 is 1. The first-order valence-electron chi connectivity index (χ1n) is 8.93. The Bertz CT molecular complexity index is 795. The number of nitrogens with one attached hydrogen (secondary N) is 1. The van der Waals surface area contributed by atoms with Crippen molar-refractivity contribution in [3.63, 3.8) is 0 Å². The van der Waals surface area contributed by atoms with E-state index in [1.807, 2.05) is 0 Å². The lowest BCUT2D eigenvalue weighted by molar-refractivity contribution is -0.0792. The van der Waals surface area contributed by atoms with Crippen LogP contribution in [0, 0.1) is 23.0 Å². The molecule has 3 rings (SSSR count). The highest BCUT2D eigenvalue weighted by Gasteiger charge is 2.45. The van der Waals surface area contributed by atoms with Crippen LogP contribution in [-0.2, 0) is 11.3 Å². The molecule has 6 nitrogen and oxygen atoms in total. The molecule has 1 fully saturated rings. The van der Waals surface area contributed by atoms with Gasteiger partial charge in [-0.1, -0.05) is 13.8 Å². The van der Waals surface area contributed by atoms with Crippen molar-refractivity contribution >= 4 is 5.91 Å². The highest BCUT2D eigenvalue weighted by Crippen LogP contribution is 2.41. The van der Waals surface area contributed by atoms with Crippen LogP contribution in [0.5, 0.6) is 0 Å². The molecule has 8 heteroatoms. The van der Waals surface area contributed by atoms with Gasteiger partial charge in [0.1, 0.15) is 24.3 Å². The molecule has 1 aromatic carbocycles. The van der Waals surface area contributed by atoms with Crippen LogP contribution in [0.25, 0.3) is 0 Å². The Balaban J connectivity index is 1.83. The molecule has 1 heterocycles. The zero-order chi connectivity index (χ0) is 19.6. The summed E-state index contributed by atoms with van der Waals surface area (Å²) in [5.41, 5.74) is -0.253. The molecule has 3 unspecified atom stereocenters. The molecule has 27 heavy (non-hydrogen) atoms. The molecule has 0 aliphatic heterocycles. The second kappa shape index (κ2) is 7.72. The maximum Gasteiger partial charge on any atom is 0.254 e. The van der Waals surface area contributed by atoms with Crippen molar-refractivity contribution in [1.29, 1.82) is 0 Å². The molecule has 0 bridgehead atoms. The Kier molecular flexibility index (Phi) is 5.55. The van der Waals surface area contributed by atoms with E-state index in [-0.39, 0.29) is 29.0 Å². The molecular formula is C19H24F2N4O2. The number of rotatable bonds is 5. The van der Waals surface area contributed by atoms with Crippen LogP contribution < -0.4 is 5.32 Å². The second-order valence-corrected chi connectivity index (χ2v) is 7.67. The minimum atomic E-state index is -0.875. The summed E-state index contributed by atoms with van der Waals surface area (Å²) in [6, 6.07) is 2.72. The van der Waals surface area contributed by atoms with E-state index in [0.29, 0.717) is 12.6 Å². The maximum absolute atomic E-state index is 14.0. The van der Waals surface area contributed by atoms with Crippen LogP contribution in [0.2, 0.25) is 0 Å². The fraction of sp³-hybridized carbons (Fsp3) is 0.526. The maximum atomic E-state index is 14.0. The highest BCUT2D eigenvalue weighted by molar-refractivity contribution is 5.94. The molecule has 3 atom stereocenters. The van der Waals surface area contributed by atoms with Gasteiger partial charge >= 0.3 is 0 Å². The van der Waals surface area contributed by atoms with Gasteiger partial charge in [-0.3, -0.25) is 9.48 Å². The van der Waals surface area contributed by atoms with Crippen molar-refractivity contribution in [3.05, 3.63) is 48.1 Å². The Morgan fingerprint density at radius 1 is 1.41 bits per heavy atom. The summed E-state index contributed by atoms with van der Waals surface area (Å²) in [4.78, 5) is 16.6. The Morgan fingerprint density at radius 3 is 2.81 bits per heavy atom. The summed E-state index contributed by atoms with van der Waals surface area (Å²) in [5, 5.41) is 7.08. The summed E-state index contributed by atoms with van der Waals surface area (Å²) in [6.45, 7) is 4.78. The molecule has 0 spiro atoms. The quantitative estimate of drug-likeness (QED) is 0.869. The minimum absolute atomic E-state index is 0.0760. The lowest BCUT2D eigenvalue weighted by Crippen LogP contribution is -2.55. The highest BCUT2D eigenvalue weighted by atomic mass is 19.1. The van der Waals surface area contributed by atoms with Crippen molar-refractivity contribution < 1.29 is 18.3 Å². The lowest BCUT2D eigenvalue weighted by atomic mass is 9.67. The van der Waals surface area contributed by atoms with E-state index in [2.05, 4.69) is 29.2 Å². The predicted molar refractivity (Wildman–Crippen MR) is 94.9 cm³/mol. The van der Waals surface area contributed by atoms with Crippen LogP contribution >= 0.6 is 0 Å². The molecular weight excluding hydrogens is 354 g/mol. The van der Waals surface area contributed by atoms with Gasteiger partial charge in [0, 0.05) is 31.7 Å². The molecule has 0 radical (unpaired) electrons. The third-order valence-electron chi connectivity index (χ3n) is 5.39. The van der Waals surface area contributed by atoms with Crippen molar-refractivity contribution in [2.75, 3.05) is 7.11 Å². The van der Waals surface area contributed by atoms with E-state index in [1.165, 1.54) is 6.33 Å². The zero-order valence-electron chi connectivity index (χ0n) is 15.7. The third-order valence-corrected chi connectivity index (χ3v) is 5.39. The number of carbonyl (C=O) groups is 1. The van der Waals surface area contributed by atoms with E-state index in [0.717, 1.165) is 25.0 Å². The van der Waals surface area contributed by atoms with Crippen LogP contribution in [-0.4, -0.2) is 39.9 Å². The third kappa shape index (κ3) is 4.16. The van der Waals surface area contributed by atoms with Crippen LogP contribution in [0.15, 0.2) is 30.9 Å². The van der Waals surface area contributed by atoms with Gasteiger partial charge in [0.15, 0.2) is 0 Å². The van der Waals surface area contributed by atoms with E-state index >= 15 is 0 Å². The second-order valence-electron chi connectivity index (χ2n) is 7.67. The van der Waals surface area contributed by atoms with Gasteiger partial charge in [-0.15, -0.1) is 0 Å². The van der Waals surface area contributed by atoms with Crippen LogP contribution in [0.1, 0.15) is 37.0 Å². The molecule has 1 amide bonds. The van der Waals surface area contributed by atoms with E-state index in [4.69, 9.17) is 4.74 Å². The van der Waals surface area contributed by atoms with E-state index in [9.17, 15) is 13.6 Å². The van der Waals surface area contributed by atoms with Gasteiger partial charge in [0.25, 0.3) is 5.91 Å². The van der Waals surface area contributed by atoms with Gasteiger partial charge in [0.05, 0.1) is 11.7 Å². The zero-order valence-corrected chi connectivity index (χ0v) is 15.7. The number of nitrogens with zero attached hydrogens (tertiary/aromatic N) is 3. The molecule has 1 aliphatic carbocycles. The number of benzene rings is 1. The Labute approximate surface area is 156 Å². The number of hydrogen-bond acceptors (Lipinski definition) is 4. The largest absolute Gasteiger partial charge is 0.380 e. The van der Waals surface area contributed by atoms with E-state index < -0.39 is 17.5 Å². The average molecular weight is 378 g/mol. The molecule has 0 saturated heterocycles. The van der Waals surface area contributed by atoms with Gasteiger partial charge < -0.3 is 10.1 Å². The molecule has 1 aliphatic rings. The smallest absolute Gasteiger partial charge is 0.254 e. The first-order chi connectivity index (χ1) is 12.8. The number of ether oxygens (including phenoxy) is 1. The summed E-state index contributed by atoms with van der Waals surface area (Å²) in [7, 11) is 1.66. The standard InChI is InChI=1S/C19H24F2N4O2/c1-19(2)7-6-16(14(17(19)27-3)9-25-11-22-10-23-25)24-18(26)13-5-4-12(20)8-15(13)21/h4-5,8,10-11,14,16-17H,6-7,9H2,1-3H3,(H,24,26). The predicted octanol–water partition coefficient (Wildman–Crippen LogP) is 2.81. The lowest BCUT2D eigenvalue weighted by Gasteiger charge is -2.47. The first kappa shape index (κ1) is 19.4. The molecule has 2 aromatic rings. The minimum Gasteiger partial charge on any atom is -0.380 e. The average Bonchev–Trinajstić information content (AvgIpc) is 3.10. The summed E-state index contributed by atoms with van der Waals surface area (Å²) >= 11 is 0. The molecule has 1 N–H and O–H groups in total. The molecule has 146 valence electrons. The molecule has 1 aromatic heterocycles. The fourth-order valence-electron chi connectivity index (χ4n) is 4.03. The Hall–Kier alpha value is -2.35. The fourth-order valence-corrected chi connectivity index (χ4v) is 4.03.